The zero-order chi connectivity index (χ0) is 22.1. The standard InChI is InChI=1S/C24H31N3O3S/c1-23(12-13-23)22(29)27-17-10-8-16(9-11-17)24(20(21(25)28)7-4-14-26-24)30-18-5-3-6-19(15-18)31-2/h3-7,14-17,26H,8-13H2,1-2H3,(H2,25,28)(H,27,29)/t16?,17?,24-/m0/s1. The number of dihydropyridines is 1. The summed E-state index contributed by atoms with van der Waals surface area (Å²) in [7, 11) is 0. The lowest BCUT2D eigenvalue weighted by atomic mass is 9.75. The molecule has 1 aromatic carbocycles. The van der Waals surface area contributed by atoms with Gasteiger partial charge in [-0.05, 0) is 75.1 Å². The van der Waals surface area contributed by atoms with Crippen LogP contribution in [-0.2, 0) is 9.59 Å². The molecule has 31 heavy (non-hydrogen) atoms. The third kappa shape index (κ3) is 4.47. The van der Waals surface area contributed by atoms with Crippen LogP contribution < -0.4 is 21.1 Å². The largest absolute Gasteiger partial charge is 0.463 e. The van der Waals surface area contributed by atoms with E-state index in [-0.39, 0.29) is 23.3 Å². The molecule has 0 bridgehead atoms. The smallest absolute Gasteiger partial charge is 0.250 e. The molecule has 4 N–H and O–H groups in total. The van der Waals surface area contributed by atoms with Gasteiger partial charge in [-0.3, -0.25) is 9.59 Å². The van der Waals surface area contributed by atoms with E-state index in [4.69, 9.17) is 10.5 Å². The summed E-state index contributed by atoms with van der Waals surface area (Å²) in [5, 5.41) is 6.58. The number of hydrogen-bond acceptors (Lipinski definition) is 5. The van der Waals surface area contributed by atoms with Gasteiger partial charge in [0.05, 0.1) is 5.57 Å². The summed E-state index contributed by atoms with van der Waals surface area (Å²) in [6, 6.07) is 8.03. The Morgan fingerprint density at radius 2 is 1.97 bits per heavy atom. The third-order valence-corrected chi connectivity index (χ3v) is 7.55. The number of benzene rings is 1. The molecule has 3 aliphatic rings. The summed E-state index contributed by atoms with van der Waals surface area (Å²) in [4.78, 5) is 25.9. The van der Waals surface area contributed by atoms with E-state index in [9.17, 15) is 9.59 Å². The number of carbonyl (C=O) groups is 2. The highest BCUT2D eigenvalue weighted by Crippen LogP contribution is 2.46. The summed E-state index contributed by atoms with van der Waals surface area (Å²) in [6.45, 7) is 2.03. The van der Waals surface area contributed by atoms with Gasteiger partial charge in [0.1, 0.15) is 5.75 Å². The lowest BCUT2D eigenvalue weighted by Gasteiger charge is -2.45. The molecule has 1 heterocycles. The molecule has 2 aliphatic carbocycles. The average molecular weight is 442 g/mol. The number of nitrogens with two attached hydrogens (primary N) is 1. The number of thioether (sulfide) groups is 1. The molecular weight excluding hydrogens is 410 g/mol. The summed E-state index contributed by atoms with van der Waals surface area (Å²) >= 11 is 1.64. The molecule has 2 amide bonds. The number of allylic oxidation sites excluding steroid dienone is 2. The van der Waals surface area contributed by atoms with E-state index in [1.54, 1.807) is 23.9 Å². The van der Waals surface area contributed by atoms with Crippen molar-refractivity contribution in [3.05, 3.63) is 48.2 Å². The highest BCUT2D eigenvalue weighted by atomic mass is 32.2. The van der Waals surface area contributed by atoms with Crippen molar-refractivity contribution in [3.63, 3.8) is 0 Å². The van der Waals surface area contributed by atoms with Gasteiger partial charge in [0.2, 0.25) is 11.6 Å². The summed E-state index contributed by atoms with van der Waals surface area (Å²) < 4.78 is 6.55. The molecule has 0 aromatic heterocycles. The Hall–Kier alpha value is -2.41. The van der Waals surface area contributed by atoms with E-state index in [2.05, 4.69) is 10.6 Å². The van der Waals surface area contributed by atoms with Crippen LogP contribution in [0.3, 0.4) is 0 Å². The van der Waals surface area contributed by atoms with Gasteiger partial charge in [0.25, 0.3) is 5.91 Å². The molecule has 4 rings (SSSR count). The molecule has 7 heteroatoms. The minimum absolute atomic E-state index is 0.0406. The molecule has 0 unspecified atom stereocenters. The maximum atomic E-state index is 12.5. The molecule has 166 valence electrons. The Labute approximate surface area is 188 Å². The second-order valence-electron chi connectivity index (χ2n) is 9.05. The predicted molar refractivity (Wildman–Crippen MR) is 122 cm³/mol. The van der Waals surface area contributed by atoms with Gasteiger partial charge in [-0.2, -0.15) is 0 Å². The lowest BCUT2D eigenvalue weighted by molar-refractivity contribution is -0.126. The van der Waals surface area contributed by atoms with Gasteiger partial charge >= 0.3 is 0 Å². The van der Waals surface area contributed by atoms with Crippen molar-refractivity contribution in [1.82, 2.24) is 10.6 Å². The molecule has 6 nitrogen and oxygen atoms in total. The van der Waals surface area contributed by atoms with Gasteiger partial charge in [-0.1, -0.05) is 13.0 Å². The number of primary amides is 1. The fraction of sp³-hybridized carbons (Fsp3) is 0.500. The molecule has 2 saturated carbocycles. The van der Waals surface area contributed by atoms with Crippen molar-refractivity contribution in [1.29, 1.82) is 0 Å². The number of hydrogen-bond donors (Lipinski definition) is 3. The van der Waals surface area contributed by atoms with Crippen molar-refractivity contribution >= 4 is 23.6 Å². The van der Waals surface area contributed by atoms with Crippen LogP contribution in [0.5, 0.6) is 5.75 Å². The van der Waals surface area contributed by atoms with Crippen LogP contribution in [0.25, 0.3) is 0 Å². The Kier molecular flexibility index (Phi) is 6.06. The van der Waals surface area contributed by atoms with E-state index in [1.807, 2.05) is 43.6 Å². The van der Waals surface area contributed by atoms with Crippen molar-refractivity contribution < 1.29 is 14.3 Å². The van der Waals surface area contributed by atoms with Gasteiger partial charge in [-0.15, -0.1) is 11.8 Å². The molecule has 1 aromatic rings. The van der Waals surface area contributed by atoms with E-state index < -0.39 is 11.6 Å². The lowest BCUT2D eigenvalue weighted by Crippen LogP contribution is -2.60. The van der Waals surface area contributed by atoms with Gasteiger partial charge in [0, 0.05) is 28.5 Å². The summed E-state index contributed by atoms with van der Waals surface area (Å²) in [5.41, 5.74) is 5.03. The van der Waals surface area contributed by atoms with Crippen LogP contribution >= 0.6 is 11.8 Å². The van der Waals surface area contributed by atoms with E-state index >= 15 is 0 Å². The summed E-state index contributed by atoms with van der Waals surface area (Å²) in [6.07, 6.45) is 12.6. The first kappa shape index (κ1) is 21.8. The Bertz CT molecular complexity index is 916. The first-order valence-electron chi connectivity index (χ1n) is 11.0. The number of nitrogens with one attached hydrogen (secondary N) is 2. The second kappa shape index (κ2) is 8.61. The molecule has 0 saturated heterocycles. The average Bonchev–Trinajstić information content (AvgIpc) is 3.53. The minimum Gasteiger partial charge on any atom is -0.463 e. The maximum Gasteiger partial charge on any atom is 0.250 e. The van der Waals surface area contributed by atoms with Crippen LogP contribution in [0.1, 0.15) is 45.4 Å². The van der Waals surface area contributed by atoms with Gasteiger partial charge < -0.3 is 21.1 Å². The highest BCUT2D eigenvalue weighted by molar-refractivity contribution is 7.98. The van der Waals surface area contributed by atoms with Crippen LogP contribution in [0.2, 0.25) is 0 Å². The van der Waals surface area contributed by atoms with Crippen molar-refractivity contribution in [2.45, 2.75) is 62.1 Å². The van der Waals surface area contributed by atoms with Crippen LogP contribution in [0, 0.1) is 11.3 Å². The fourth-order valence-corrected chi connectivity index (χ4v) is 5.01. The molecule has 2 fully saturated rings. The zero-order valence-electron chi connectivity index (χ0n) is 18.1. The monoisotopic (exact) mass is 441 g/mol. The Morgan fingerprint density at radius 3 is 2.61 bits per heavy atom. The Morgan fingerprint density at radius 1 is 1.23 bits per heavy atom. The zero-order valence-corrected chi connectivity index (χ0v) is 19.0. The summed E-state index contributed by atoms with van der Waals surface area (Å²) in [5.74, 6) is 0.417. The third-order valence-electron chi connectivity index (χ3n) is 6.83. The van der Waals surface area contributed by atoms with Crippen molar-refractivity contribution in [3.8, 4) is 5.75 Å². The second-order valence-corrected chi connectivity index (χ2v) is 9.93. The van der Waals surface area contributed by atoms with Crippen LogP contribution in [0.4, 0.5) is 0 Å². The van der Waals surface area contributed by atoms with Crippen molar-refractivity contribution in [2.24, 2.45) is 17.1 Å². The number of ether oxygens (including phenoxy) is 1. The quantitative estimate of drug-likeness (QED) is 0.563. The number of amides is 2. The normalized spacial score (nSPS) is 28.8. The first-order valence-corrected chi connectivity index (χ1v) is 12.2. The highest BCUT2D eigenvalue weighted by Gasteiger charge is 2.49. The first-order chi connectivity index (χ1) is 14.9. The minimum atomic E-state index is -1.02. The molecule has 0 spiro atoms. The SMILES string of the molecule is CSc1cccc(O[C@]2(C3CCC(NC(=O)C4(C)CC4)CC3)NC=CC=C2C(N)=O)c1. The van der Waals surface area contributed by atoms with Crippen molar-refractivity contribution in [2.75, 3.05) is 6.26 Å². The Balaban J connectivity index is 1.54. The number of rotatable bonds is 7. The molecule has 0 radical (unpaired) electrons. The molecule has 1 atom stereocenters. The van der Waals surface area contributed by atoms with Gasteiger partial charge in [-0.25, -0.2) is 0 Å². The molecule has 1 aliphatic heterocycles. The van der Waals surface area contributed by atoms with E-state index in [0.29, 0.717) is 11.3 Å². The van der Waals surface area contributed by atoms with E-state index in [0.717, 1.165) is 43.4 Å². The van der Waals surface area contributed by atoms with E-state index in [1.165, 1.54) is 0 Å². The van der Waals surface area contributed by atoms with Crippen LogP contribution in [0.15, 0.2) is 53.1 Å². The fourth-order valence-electron chi connectivity index (χ4n) is 4.56. The number of carbonyl (C=O) groups excluding carboxylic acids is 2. The van der Waals surface area contributed by atoms with Gasteiger partial charge in [0.15, 0.2) is 0 Å². The maximum absolute atomic E-state index is 12.5. The molecular formula is C24H31N3O3S. The van der Waals surface area contributed by atoms with Crippen LogP contribution in [-0.4, -0.2) is 29.8 Å². The topological polar surface area (TPSA) is 93.4 Å². The predicted octanol–water partition coefficient (Wildman–Crippen LogP) is 3.49.